The molecule has 1 aliphatic rings. The number of carbonyl (C=O) groups excluding carboxylic acids is 1. The highest BCUT2D eigenvalue weighted by molar-refractivity contribution is 6.14. The molecular weight excluding hydrogens is 384 g/mol. The van der Waals surface area contributed by atoms with Crippen molar-refractivity contribution < 1.29 is 18.3 Å². The van der Waals surface area contributed by atoms with Crippen LogP contribution in [-0.4, -0.2) is 23.8 Å². The number of halogens is 2. The van der Waals surface area contributed by atoms with E-state index in [-0.39, 0.29) is 19.4 Å². The van der Waals surface area contributed by atoms with Crippen molar-refractivity contribution in [1.82, 2.24) is 0 Å². The minimum absolute atomic E-state index is 0.154. The standard InChI is InChI=1S/C25H21F2NO2/c1-2-30-24(29)25(15-19-13-21(26)22(27)14-20(19)16-25)28-23(17-9-5-3-6-10-17)18-11-7-4-8-12-18/h3-14H,2,15-16H2,1H3. The largest absolute Gasteiger partial charge is 0.464 e. The van der Waals surface area contributed by atoms with E-state index in [1.807, 2.05) is 60.7 Å². The number of rotatable bonds is 5. The Kier molecular flexibility index (Phi) is 5.44. The van der Waals surface area contributed by atoms with Crippen molar-refractivity contribution in [3.05, 3.63) is 107 Å². The summed E-state index contributed by atoms with van der Waals surface area (Å²) in [4.78, 5) is 18.0. The zero-order chi connectivity index (χ0) is 21.1. The second-order valence-electron chi connectivity index (χ2n) is 7.33. The predicted octanol–water partition coefficient (Wildman–Crippen LogP) is 4.90. The Labute approximate surface area is 174 Å². The van der Waals surface area contributed by atoms with Gasteiger partial charge < -0.3 is 4.74 Å². The zero-order valence-electron chi connectivity index (χ0n) is 16.6. The van der Waals surface area contributed by atoms with Crippen LogP contribution in [0.2, 0.25) is 0 Å². The number of aliphatic imine (C=N–C) groups is 1. The smallest absolute Gasteiger partial charge is 0.334 e. The third kappa shape index (κ3) is 3.75. The predicted molar refractivity (Wildman–Crippen MR) is 112 cm³/mol. The molecule has 0 unspecified atom stereocenters. The van der Waals surface area contributed by atoms with Gasteiger partial charge in [-0.3, -0.25) is 4.99 Å². The van der Waals surface area contributed by atoms with E-state index in [9.17, 15) is 13.6 Å². The highest BCUT2D eigenvalue weighted by Gasteiger charge is 2.46. The summed E-state index contributed by atoms with van der Waals surface area (Å²) in [5.41, 5.74) is 2.20. The van der Waals surface area contributed by atoms with Gasteiger partial charge in [-0.15, -0.1) is 0 Å². The van der Waals surface area contributed by atoms with E-state index >= 15 is 0 Å². The first-order valence-corrected chi connectivity index (χ1v) is 9.87. The first-order valence-electron chi connectivity index (χ1n) is 9.87. The Morgan fingerprint density at radius 3 is 1.80 bits per heavy atom. The first-order chi connectivity index (χ1) is 14.5. The van der Waals surface area contributed by atoms with Crippen LogP contribution in [0.5, 0.6) is 0 Å². The van der Waals surface area contributed by atoms with Gasteiger partial charge in [0.15, 0.2) is 17.2 Å². The number of carbonyl (C=O) groups is 1. The molecular formula is C25H21F2NO2. The molecule has 0 saturated carbocycles. The average molecular weight is 405 g/mol. The van der Waals surface area contributed by atoms with E-state index in [1.165, 1.54) is 0 Å². The number of hydrogen-bond acceptors (Lipinski definition) is 3. The monoisotopic (exact) mass is 405 g/mol. The second kappa shape index (κ2) is 8.19. The van der Waals surface area contributed by atoms with E-state index in [2.05, 4.69) is 0 Å². The molecule has 1 aliphatic carbocycles. The zero-order valence-corrected chi connectivity index (χ0v) is 16.6. The summed E-state index contributed by atoms with van der Waals surface area (Å²) < 4.78 is 33.0. The van der Waals surface area contributed by atoms with Crippen molar-refractivity contribution in [3.8, 4) is 0 Å². The van der Waals surface area contributed by atoms with E-state index in [4.69, 9.17) is 9.73 Å². The molecule has 3 nitrogen and oxygen atoms in total. The minimum atomic E-state index is -1.28. The van der Waals surface area contributed by atoms with E-state index < -0.39 is 23.1 Å². The highest BCUT2D eigenvalue weighted by Crippen LogP contribution is 2.36. The molecule has 0 bridgehead atoms. The number of benzene rings is 3. The average Bonchev–Trinajstić information content (AvgIpc) is 3.12. The highest BCUT2D eigenvalue weighted by atomic mass is 19.2. The molecule has 3 aromatic carbocycles. The van der Waals surface area contributed by atoms with Crippen molar-refractivity contribution in [2.24, 2.45) is 4.99 Å². The molecule has 0 aromatic heterocycles. The van der Waals surface area contributed by atoms with Crippen LogP contribution in [0, 0.1) is 11.6 Å². The van der Waals surface area contributed by atoms with Crippen molar-refractivity contribution in [2.45, 2.75) is 25.3 Å². The van der Waals surface area contributed by atoms with Crippen LogP contribution in [0.25, 0.3) is 0 Å². The quantitative estimate of drug-likeness (QED) is 0.447. The fraction of sp³-hybridized carbons (Fsp3) is 0.200. The molecule has 0 radical (unpaired) electrons. The summed E-state index contributed by atoms with van der Waals surface area (Å²) in [5.74, 6) is -2.35. The fourth-order valence-corrected chi connectivity index (χ4v) is 3.89. The number of hydrogen-bond donors (Lipinski definition) is 0. The molecule has 0 aliphatic heterocycles. The maximum Gasteiger partial charge on any atom is 0.334 e. The molecule has 0 saturated heterocycles. The van der Waals surface area contributed by atoms with Crippen LogP contribution in [0.3, 0.4) is 0 Å². The van der Waals surface area contributed by atoms with Crippen molar-refractivity contribution >= 4 is 11.7 Å². The molecule has 5 heteroatoms. The Bertz CT molecular complexity index is 1020. The normalized spacial score (nSPS) is 14.1. The topological polar surface area (TPSA) is 38.7 Å². The van der Waals surface area contributed by atoms with Crippen molar-refractivity contribution in [3.63, 3.8) is 0 Å². The van der Waals surface area contributed by atoms with Crippen LogP contribution in [0.1, 0.15) is 29.2 Å². The van der Waals surface area contributed by atoms with Gasteiger partial charge in [-0.25, -0.2) is 13.6 Å². The van der Waals surface area contributed by atoms with E-state index in [0.717, 1.165) is 23.3 Å². The SMILES string of the molecule is CCOC(=O)C1(N=C(c2ccccc2)c2ccccc2)Cc2cc(F)c(F)cc2C1. The lowest BCUT2D eigenvalue weighted by atomic mass is 9.94. The van der Waals surface area contributed by atoms with Crippen LogP contribution in [-0.2, 0) is 22.4 Å². The first kappa shape index (κ1) is 20.0. The molecule has 152 valence electrons. The van der Waals surface area contributed by atoms with Gasteiger partial charge in [0.2, 0.25) is 0 Å². The third-order valence-electron chi connectivity index (χ3n) is 5.28. The molecule has 30 heavy (non-hydrogen) atoms. The Morgan fingerprint density at radius 1 is 0.900 bits per heavy atom. The number of nitrogens with zero attached hydrogens (tertiary/aromatic N) is 1. The molecule has 0 spiro atoms. The maximum absolute atomic E-state index is 13.8. The summed E-state index contributed by atoms with van der Waals surface area (Å²) >= 11 is 0. The van der Waals surface area contributed by atoms with Crippen molar-refractivity contribution in [1.29, 1.82) is 0 Å². The van der Waals surface area contributed by atoms with Crippen LogP contribution < -0.4 is 0 Å². The van der Waals surface area contributed by atoms with Gasteiger partial charge in [-0.1, -0.05) is 60.7 Å². The Hall–Kier alpha value is -3.34. The second-order valence-corrected chi connectivity index (χ2v) is 7.33. The van der Waals surface area contributed by atoms with Gasteiger partial charge in [0, 0.05) is 24.0 Å². The van der Waals surface area contributed by atoms with Gasteiger partial charge in [-0.2, -0.15) is 0 Å². The maximum atomic E-state index is 13.8. The number of fused-ring (bicyclic) bond motifs is 1. The van der Waals surface area contributed by atoms with Gasteiger partial charge >= 0.3 is 5.97 Å². The van der Waals surface area contributed by atoms with E-state index in [1.54, 1.807) is 6.92 Å². The lowest BCUT2D eigenvalue weighted by Crippen LogP contribution is -2.40. The summed E-state index contributed by atoms with van der Waals surface area (Å²) in [6.45, 7) is 1.92. The number of ether oxygens (including phenoxy) is 1. The summed E-state index contributed by atoms with van der Waals surface area (Å²) in [6, 6.07) is 21.4. The number of esters is 1. The Balaban J connectivity index is 1.88. The lowest BCUT2D eigenvalue weighted by molar-refractivity contribution is -0.149. The summed E-state index contributed by atoms with van der Waals surface area (Å²) in [5, 5.41) is 0. The van der Waals surface area contributed by atoms with Gasteiger partial charge in [0.25, 0.3) is 0 Å². The summed E-state index contributed by atoms with van der Waals surface area (Å²) in [6.07, 6.45) is 0.309. The third-order valence-corrected chi connectivity index (χ3v) is 5.28. The van der Waals surface area contributed by atoms with E-state index in [0.29, 0.717) is 16.8 Å². The van der Waals surface area contributed by atoms with Crippen LogP contribution >= 0.6 is 0 Å². The fourth-order valence-electron chi connectivity index (χ4n) is 3.89. The summed E-state index contributed by atoms with van der Waals surface area (Å²) in [7, 11) is 0. The minimum Gasteiger partial charge on any atom is -0.464 e. The molecule has 0 fully saturated rings. The molecule has 0 heterocycles. The molecule has 0 atom stereocenters. The molecule has 0 N–H and O–H groups in total. The van der Waals surface area contributed by atoms with Gasteiger partial charge in [0.05, 0.1) is 12.3 Å². The molecule has 4 rings (SSSR count). The lowest BCUT2D eigenvalue weighted by Gasteiger charge is -2.24. The molecule has 3 aromatic rings. The van der Waals surface area contributed by atoms with Gasteiger partial charge in [0.1, 0.15) is 0 Å². The Morgan fingerprint density at radius 2 is 1.37 bits per heavy atom. The van der Waals surface area contributed by atoms with Gasteiger partial charge in [-0.05, 0) is 30.2 Å². The van der Waals surface area contributed by atoms with Crippen molar-refractivity contribution in [2.75, 3.05) is 6.61 Å². The van der Waals surface area contributed by atoms with Crippen LogP contribution in [0.4, 0.5) is 8.78 Å². The molecule has 0 amide bonds. The van der Waals surface area contributed by atoms with Crippen LogP contribution in [0.15, 0.2) is 77.8 Å².